The summed E-state index contributed by atoms with van der Waals surface area (Å²) in [6.07, 6.45) is 0.512. The van der Waals surface area contributed by atoms with Gasteiger partial charge in [-0.1, -0.05) is 23.7 Å². The number of benzene rings is 2. The van der Waals surface area contributed by atoms with Crippen LogP contribution in [-0.4, -0.2) is 12.5 Å². The molecule has 0 heterocycles. The Balaban J connectivity index is 1.96. The van der Waals surface area contributed by atoms with Crippen LogP contribution in [0.4, 0.5) is 13.2 Å². The van der Waals surface area contributed by atoms with Gasteiger partial charge < -0.3 is 5.32 Å². The molecule has 0 saturated heterocycles. The Kier molecular flexibility index (Phi) is 4.85. The van der Waals surface area contributed by atoms with Gasteiger partial charge in [-0.05, 0) is 36.2 Å². The minimum atomic E-state index is -1.59. The zero-order valence-electron chi connectivity index (χ0n) is 10.8. The first kappa shape index (κ1) is 15.4. The van der Waals surface area contributed by atoms with Crippen molar-refractivity contribution in [2.45, 2.75) is 6.42 Å². The average Bonchev–Trinajstić information content (AvgIpc) is 2.44. The van der Waals surface area contributed by atoms with Gasteiger partial charge in [0, 0.05) is 17.1 Å². The van der Waals surface area contributed by atoms with E-state index >= 15 is 0 Å². The number of rotatable bonds is 4. The standard InChI is InChI=1S/C15H11ClF3NO/c16-11-3-1-2-9(6-11)4-5-20-15(21)10-7-12(17)14(19)13(18)8-10/h1-3,6-8H,4-5H2,(H,20,21). The van der Waals surface area contributed by atoms with E-state index in [1.54, 1.807) is 18.2 Å². The maximum atomic E-state index is 13.0. The molecule has 2 nitrogen and oxygen atoms in total. The van der Waals surface area contributed by atoms with E-state index in [9.17, 15) is 18.0 Å². The normalized spacial score (nSPS) is 10.5. The first-order chi connectivity index (χ1) is 9.97. The lowest BCUT2D eigenvalue weighted by molar-refractivity contribution is 0.0953. The molecule has 1 N–H and O–H groups in total. The first-order valence-corrected chi connectivity index (χ1v) is 6.52. The van der Waals surface area contributed by atoms with Crippen LogP contribution in [0, 0.1) is 17.5 Å². The zero-order chi connectivity index (χ0) is 15.4. The molecule has 0 spiro atoms. The second-order valence-corrected chi connectivity index (χ2v) is 4.83. The Morgan fingerprint density at radius 1 is 1.10 bits per heavy atom. The van der Waals surface area contributed by atoms with Gasteiger partial charge in [-0.25, -0.2) is 13.2 Å². The fourth-order valence-electron chi connectivity index (χ4n) is 1.80. The monoisotopic (exact) mass is 313 g/mol. The van der Waals surface area contributed by atoms with Gasteiger partial charge in [0.15, 0.2) is 17.5 Å². The summed E-state index contributed by atoms with van der Waals surface area (Å²) in [7, 11) is 0. The van der Waals surface area contributed by atoms with E-state index in [0.29, 0.717) is 23.6 Å². The molecule has 2 aromatic carbocycles. The number of halogens is 4. The van der Waals surface area contributed by atoms with Crippen molar-refractivity contribution in [2.75, 3.05) is 6.54 Å². The lowest BCUT2D eigenvalue weighted by Crippen LogP contribution is -2.26. The fourth-order valence-corrected chi connectivity index (χ4v) is 2.01. The Morgan fingerprint density at radius 3 is 2.38 bits per heavy atom. The predicted octanol–water partition coefficient (Wildman–Crippen LogP) is 3.73. The van der Waals surface area contributed by atoms with Crippen LogP contribution in [0.3, 0.4) is 0 Å². The van der Waals surface area contributed by atoms with Crippen molar-refractivity contribution in [3.63, 3.8) is 0 Å². The summed E-state index contributed by atoms with van der Waals surface area (Å²) in [5.74, 6) is -5.05. The van der Waals surface area contributed by atoms with Crippen LogP contribution < -0.4 is 5.32 Å². The van der Waals surface area contributed by atoms with Crippen molar-refractivity contribution in [3.8, 4) is 0 Å². The number of nitrogens with one attached hydrogen (secondary N) is 1. The SMILES string of the molecule is O=C(NCCc1cccc(Cl)c1)c1cc(F)c(F)c(F)c1. The van der Waals surface area contributed by atoms with Gasteiger partial charge in [-0.3, -0.25) is 4.79 Å². The topological polar surface area (TPSA) is 29.1 Å². The van der Waals surface area contributed by atoms with Crippen LogP contribution in [0.1, 0.15) is 15.9 Å². The average molecular weight is 314 g/mol. The first-order valence-electron chi connectivity index (χ1n) is 6.14. The highest BCUT2D eigenvalue weighted by Gasteiger charge is 2.14. The molecule has 0 fully saturated rings. The molecule has 2 aromatic rings. The molecule has 0 aliphatic carbocycles. The molecular weight excluding hydrogens is 303 g/mol. The third-order valence-corrected chi connectivity index (χ3v) is 3.07. The van der Waals surface area contributed by atoms with Gasteiger partial charge in [0.25, 0.3) is 5.91 Å². The lowest BCUT2D eigenvalue weighted by atomic mass is 10.1. The lowest BCUT2D eigenvalue weighted by Gasteiger charge is -2.06. The maximum Gasteiger partial charge on any atom is 0.251 e. The second kappa shape index (κ2) is 6.63. The number of hydrogen-bond acceptors (Lipinski definition) is 1. The minimum absolute atomic E-state index is 0.264. The number of carbonyl (C=O) groups excluding carboxylic acids is 1. The molecule has 0 bridgehead atoms. The molecule has 1 amide bonds. The van der Waals surface area contributed by atoms with Gasteiger partial charge in [-0.15, -0.1) is 0 Å². The van der Waals surface area contributed by atoms with Crippen LogP contribution in [0.2, 0.25) is 5.02 Å². The predicted molar refractivity (Wildman–Crippen MR) is 73.8 cm³/mol. The summed E-state index contributed by atoms with van der Waals surface area (Å²) >= 11 is 5.83. The van der Waals surface area contributed by atoms with E-state index in [4.69, 9.17) is 11.6 Å². The summed E-state index contributed by atoms with van der Waals surface area (Å²) in [6, 6.07) is 8.43. The molecule has 0 aliphatic rings. The largest absolute Gasteiger partial charge is 0.352 e. The van der Waals surface area contributed by atoms with Crippen molar-refractivity contribution in [3.05, 3.63) is 70.0 Å². The Morgan fingerprint density at radius 2 is 1.76 bits per heavy atom. The molecule has 110 valence electrons. The van der Waals surface area contributed by atoms with Gasteiger partial charge in [0.1, 0.15) is 0 Å². The highest BCUT2D eigenvalue weighted by atomic mass is 35.5. The molecule has 6 heteroatoms. The molecular formula is C15H11ClF3NO. The highest BCUT2D eigenvalue weighted by Crippen LogP contribution is 2.14. The third kappa shape index (κ3) is 3.98. The quantitative estimate of drug-likeness (QED) is 0.856. The Hall–Kier alpha value is -2.01. The van der Waals surface area contributed by atoms with Crippen molar-refractivity contribution in [1.82, 2.24) is 5.32 Å². The summed E-state index contributed by atoms with van der Waals surface area (Å²) in [5.41, 5.74) is 0.650. The van der Waals surface area contributed by atoms with E-state index in [2.05, 4.69) is 5.32 Å². The van der Waals surface area contributed by atoms with E-state index < -0.39 is 23.4 Å². The summed E-state index contributed by atoms with van der Waals surface area (Å²) in [4.78, 5) is 11.7. The van der Waals surface area contributed by atoms with Crippen LogP contribution >= 0.6 is 11.6 Å². The van der Waals surface area contributed by atoms with Gasteiger partial charge in [0.05, 0.1) is 0 Å². The van der Waals surface area contributed by atoms with Gasteiger partial charge in [-0.2, -0.15) is 0 Å². The van der Waals surface area contributed by atoms with Crippen LogP contribution in [-0.2, 0) is 6.42 Å². The molecule has 0 aliphatic heterocycles. The van der Waals surface area contributed by atoms with E-state index in [-0.39, 0.29) is 12.1 Å². The molecule has 0 unspecified atom stereocenters. The minimum Gasteiger partial charge on any atom is -0.352 e. The van der Waals surface area contributed by atoms with Crippen LogP contribution in [0.15, 0.2) is 36.4 Å². The van der Waals surface area contributed by atoms with Crippen molar-refractivity contribution in [2.24, 2.45) is 0 Å². The third-order valence-electron chi connectivity index (χ3n) is 2.83. The second-order valence-electron chi connectivity index (χ2n) is 4.39. The van der Waals surface area contributed by atoms with E-state index in [1.165, 1.54) is 0 Å². The smallest absolute Gasteiger partial charge is 0.251 e. The van der Waals surface area contributed by atoms with Gasteiger partial charge in [0.2, 0.25) is 0 Å². The number of hydrogen-bond donors (Lipinski definition) is 1. The van der Waals surface area contributed by atoms with E-state index in [0.717, 1.165) is 5.56 Å². The van der Waals surface area contributed by atoms with E-state index in [1.807, 2.05) is 6.07 Å². The highest BCUT2D eigenvalue weighted by molar-refractivity contribution is 6.30. The Labute approximate surface area is 124 Å². The molecule has 0 saturated carbocycles. The number of amides is 1. The summed E-state index contributed by atoms with van der Waals surface area (Å²) in [5, 5.41) is 3.09. The molecule has 21 heavy (non-hydrogen) atoms. The summed E-state index contributed by atoms with van der Waals surface area (Å²) in [6.45, 7) is 0.264. The number of carbonyl (C=O) groups is 1. The Bertz CT molecular complexity index is 653. The molecule has 0 radical (unpaired) electrons. The maximum absolute atomic E-state index is 13.0. The van der Waals surface area contributed by atoms with Crippen molar-refractivity contribution < 1.29 is 18.0 Å². The van der Waals surface area contributed by atoms with Crippen LogP contribution in [0.5, 0.6) is 0 Å². The zero-order valence-corrected chi connectivity index (χ0v) is 11.6. The van der Waals surface area contributed by atoms with Crippen molar-refractivity contribution >= 4 is 17.5 Å². The summed E-state index contributed by atoms with van der Waals surface area (Å²) < 4.78 is 38.8. The molecule has 2 rings (SSSR count). The van der Waals surface area contributed by atoms with Crippen molar-refractivity contribution in [1.29, 1.82) is 0 Å². The molecule has 0 aromatic heterocycles. The molecule has 0 atom stereocenters. The fraction of sp³-hybridized carbons (Fsp3) is 0.133. The van der Waals surface area contributed by atoms with Crippen LogP contribution in [0.25, 0.3) is 0 Å². The van der Waals surface area contributed by atoms with Gasteiger partial charge >= 0.3 is 0 Å².